The van der Waals surface area contributed by atoms with E-state index < -0.39 is 10.7 Å². The third kappa shape index (κ3) is 4.33. The van der Waals surface area contributed by atoms with Gasteiger partial charge in [0.15, 0.2) is 0 Å². The van der Waals surface area contributed by atoms with Gasteiger partial charge in [-0.2, -0.15) is 0 Å². The fourth-order valence-electron chi connectivity index (χ4n) is 1.74. The van der Waals surface area contributed by atoms with Crippen molar-refractivity contribution < 1.29 is 14.4 Å². The van der Waals surface area contributed by atoms with Gasteiger partial charge in [0.2, 0.25) is 0 Å². The van der Waals surface area contributed by atoms with E-state index in [1.165, 1.54) is 0 Å². The Hall–Kier alpha value is -1.40. The van der Waals surface area contributed by atoms with Crippen LogP contribution in [0.3, 0.4) is 0 Å². The smallest absolute Gasteiger partial charge is 0.294 e. The van der Waals surface area contributed by atoms with Gasteiger partial charge in [0.05, 0.1) is 9.95 Å². The quantitative estimate of drug-likeness (QED) is 0.476. The number of rotatable bonds is 7. The molecule has 7 heteroatoms. The van der Waals surface area contributed by atoms with E-state index in [9.17, 15) is 14.5 Å². The molecule has 5 nitrogen and oxygen atoms in total. The Morgan fingerprint density at radius 3 is 2.68 bits per heavy atom. The van der Waals surface area contributed by atoms with Crippen molar-refractivity contribution in [3.05, 3.63) is 33.1 Å². The molecule has 106 valence electrons. The first-order valence-electron chi connectivity index (χ1n) is 5.92. The second-order valence-corrected chi connectivity index (χ2v) is 4.63. The monoisotopic (exact) mass is 290 g/mol. The highest BCUT2D eigenvalue weighted by atomic mass is 35.5. The van der Waals surface area contributed by atoms with Gasteiger partial charge in [-0.05, 0) is 19.3 Å². The lowest BCUT2D eigenvalue weighted by Gasteiger charge is -2.19. The van der Waals surface area contributed by atoms with Crippen molar-refractivity contribution in [2.24, 2.45) is 0 Å². The molecule has 0 radical (unpaired) electrons. The summed E-state index contributed by atoms with van der Waals surface area (Å²) in [7, 11) is 1.66. The number of benzene rings is 1. The topological polar surface area (TPSA) is 66.6 Å². The standard InChI is InChI=1S/C12H16ClFN2O3/c1-15(5-3-2-4-6-17)11-8-10(14)9(13)7-12(11)16(18)19/h7-8,17H,2-6H2,1H3. The Balaban J connectivity index is 2.85. The molecule has 0 fully saturated rings. The Morgan fingerprint density at radius 2 is 2.11 bits per heavy atom. The molecule has 0 aliphatic carbocycles. The lowest BCUT2D eigenvalue weighted by atomic mass is 10.2. The number of nitro groups is 1. The lowest BCUT2D eigenvalue weighted by molar-refractivity contribution is -0.384. The van der Waals surface area contributed by atoms with Gasteiger partial charge < -0.3 is 10.0 Å². The van der Waals surface area contributed by atoms with Crippen molar-refractivity contribution in [2.75, 3.05) is 25.1 Å². The highest BCUT2D eigenvalue weighted by Gasteiger charge is 2.20. The highest BCUT2D eigenvalue weighted by molar-refractivity contribution is 6.31. The highest BCUT2D eigenvalue weighted by Crippen LogP contribution is 2.32. The SMILES string of the molecule is CN(CCCCCO)c1cc(F)c(Cl)cc1[N+](=O)[O-]. The largest absolute Gasteiger partial charge is 0.396 e. The molecule has 0 atom stereocenters. The van der Waals surface area contributed by atoms with Gasteiger partial charge in [-0.3, -0.25) is 10.1 Å². The Labute approximate surface area is 115 Å². The first kappa shape index (κ1) is 15.7. The molecular formula is C12H16ClFN2O3. The number of unbranched alkanes of at least 4 members (excludes halogenated alkanes) is 2. The number of nitrogens with zero attached hydrogens (tertiary/aromatic N) is 2. The van der Waals surface area contributed by atoms with Gasteiger partial charge in [0, 0.05) is 32.3 Å². The van der Waals surface area contributed by atoms with Crippen LogP contribution in [0.2, 0.25) is 5.02 Å². The molecule has 0 bridgehead atoms. The average molecular weight is 291 g/mol. The summed E-state index contributed by atoms with van der Waals surface area (Å²) in [5.41, 5.74) is -0.00745. The number of anilines is 1. The van der Waals surface area contributed by atoms with Crippen LogP contribution in [0, 0.1) is 15.9 Å². The molecule has 0 heterocycles. The van der Waals surface area contributed by atoms with Crippen molar-refractivity contribution in [1.29, 1.82) is 0 Å². The Morgan fingerprint density at radius 1 is 1.42 bits per heavy atom. The molecule has 0 saturated heterocycles. The van der Waals surface area contributed by atoms with Crippen LogP contribution < -0.4 is 4.90 Å². The molecule has 0 spiro atoms. The van der Waals surface area contributed by atoms with Crippen LogP contribution >= 0.6 is 11.6 Å². The fourth-order valence-corrected chi connectivity index (χ4v) is 1.89. The fraction of sp³-hybridized carbons (Fsp3) is 0.500. The first-order chi connectivity index (χ1) is 8.97. The number of halogens is 2. The van der Waals surface area contributed by atoms with E-state index in [1.54, 1.807) is 11.9 Å². The first-order valence-corrected chi connectivity index (χ1v) is 6.30. The lowest BCUT2D eigenvalue weighted by Crippen LogP contribution is -2.20. The minimum absolute atomic E-state index is 0.124. The van der Waals surface area contributed by atoms with Crippen molar-refractivity contribution >= 4 is 23.0 Å². The molecule has 1 aromatic rings. The minimum Gasteiger partial charge on any atom is -0.396 e. The normalized spacial score (nSPS) is 10.5. The van der Waals surface area contributed by atoms with Crippen molar-refractivity contribution in [3.63, 3.8) is 0 Å². The molecular weight excluding hydrogens is 275 g/mol. The summed E-state index contributed by atoms with van der Waals surface area (Å²) in [6, 6.07) is 2.10. The summed E-state index contributed by atoms with van der Waals surface area (Å²) in [4.78, 5) is 12.0. The number of nitro benzene ring substituents is 1. The van der Waals surface area contributed by atoms with Gasteiger partial charge in [0.1, 0.15) is 11.5 Å². The number of hydrogen-bond donors (Lipinski definition) is 1. The van der Waals surface area contributed by atoms with Gasteiger partial charge >= 0.3 is 0 Å². The minimum atomic E-state index is -0.676. The Bertz CT molecular complexity index is 457. The molecule has 0 aliphatic heterocycles. The summed E-state index contributed by atoms with van der Waals surface area (Å²) >= 11 is 5.55. The van der Waals surface area contributed by atoms with E-state index in [-0.39, 0.29) is 23.0 Å². The van der Waals surface area contributed by atoms with Crippen LogP contribution in [-0.2, 0) is 0 Å². The summed E-state index contributed by atoms with van der Waals surface area (Å²) in [6.45, 7) is 0.668. The van der Waals surface area contributed by atoms with E-state index in [4.69, 9.17) is 16.7 Å². The maximum Gasteiger partial charge on any atom is 0.294 e. The molecule has 1 N–H and O–H groups in total. The maximum atomic E-state index is 13.4. The predicted octanol–water partition coefficient (Wildman–Crippen LogP) is 2.99. The summed E-state index contributed by atoms with van der Waals surface area (Å²) in [6.07, 6.45) is 2.26. The molecule has 0 unspecified atom stereocenters. The summed E-state index contributed by atoms with van der Waals surface area (Å²) in [5, 5.41) is 19.3. The number of hydrogen-bond acceptors (Lipinski definition) is 4. The molecule has 0 saturated carbocycles. The van der Waals surface area contributed by atoms with Gasteiger partial charge in [-0.25, -0.2) is 4.39 Å². The van der Waals surface area contributed by atoms with Gasteiger partial charge in [-0.15, -0.1) is 0 Å². The van der Waals surface area contributed by atoms with Crippen molar-refractivity contribution in [3.8, 4) is 0 Å². The molecule has 1 aromatic carbocycles. The zero-order valence-corrected chi connectivity index (χ0v) is 11.4. The third-order valence-electron chi connectivity index (χ3n) is 2.78. The zero-order chi connectivity index (χ0) is 14.4. The third-order valence-corrected chi connectivity index (χ3v) is 3.07. The average Bonchev–Trinajstić information content (AvgIpc) is 2.36. The van der Waals surface area contributed by atoms with E-state index >= 15 is 0 Å². The second kappa shape index (κ2) is 7.25. The summed E-state index contributed by atoms with van der Waals surface area (Å²) in [5.74, 6) is -0.676. The van der Waals surface area contributed by atoms with E-state index in [0.717, 1.165) is 25.0 Å². The molecule has 0 aromatic heterocycles. The second-order valence-electron chi connectivity index (χ2n) is 4.22. The number of aliphatic hydroxyl groups excluding tert-OH is 1. The van der Waals surface area contributed by atoms with Crippen molar-refractivity contribution in [2.45, 2.75) is 19.3 Å². The van der Waals surface area contributed by atoms with E-state index in [1.807, 2.05) is 0 Å². The molecule has 1 rings (SSSR count). The van der Waals surface area contributed by atoms with E-state index in [2.05, 4.69) is 0 Å². The van der Waals surface area contributed by atoms with Crippen LogP contribution in [0.4, 0.5) is 15.8 Å². The van der Waals surface area contributed by atoms with Crippen LogP contribution in [0.15, 0.2) is 12.1 Å². The van der Waals surface area contributed by atoms with Crippen LogP contribution in [-0.4, -0.2) is 30.2 Å². The van der Waals surface area contributed by atoms with Crippen LogP contribution in [0.1, 0.15) is 19.3 Å². The van der Waals surface area contributed by atoms with Gasteiger partial charge in [-0.1, -0.05) is 11.6 Å². The van der Waals surface area contributed by atoms with Gasteiger partial charge in [0.25, 0.3) is 5.69 Å². The maximum absolute atomic E-state index is 13.4. The predicted molar refractivity (Wildman–Crippen MR) is 72.3 cm³/mol. The Kier molecular flexibility index (Phi) is 5.98. The molecule has 0 aliphatic rings. The number of aliphatic hydroxyl groups is 1. The molecule has 0 amide bonds. The van der Waals surface area contributed by atoms with Crippen LogP contribution in [0.5, 0.6) is 0 Å². The molecule has 19 heavy (non-hydrogen) atoms. The van der Waals surface area contributed by atoms with Crippen molar-refractivity contribution in [1.82, 2.24) is 0 Å². The van der Waals surface area contributed by atoms with E-state index in [0.29, 0.717) is 13.0 Å². The summed E-state index contributed by atoms with van der Waals surface area (Å²) < 4.78 is 13.4. The van der Waals surface area contributed by atoms with Crippen LogP contribution in [0.25, 0.3) is 0 Å². The zero-order valence-electron chi connectivity index (χ0n) is 10.6.